The average Bonchev–Trinajstić information content (AvgIpc) is 2.80. The van der Waals surface area contributed by atoms with Gasteiger partial charge < -0.3 is 5.32 Å². The molecule has 3 heteroatoms. The number of amides is 1. The number of thiophene rings is 1. The van der Waals surface area contributed by atoms with Crippen molar-refractivity contribution in [2.75, 3.05) is 0 Å². The smallest absolute Gasteiger partial charge is 0.251 e. The Bertz CT molecular complexity index is 422. The number of hydrogen-bond donors (Lipinski definition) is 1. The fourth-order valence-electron chi connectivity index (χ4n) is 1.22. The Morgan fingerprint density at radius 3 is 2.73 bits per heavy atom. The molecular weight excluding hydrogens is 206 g/mol. The maximum absolute atomic E-state index is 11.6. The second-order valence-electron chi connectivity index (χ2n) is 3.07. The van der Waals surface area contributed by atoms with Crippen molar-refractivity contribution >= 4 is 17.2 Å². The minimum atomic E-state index is -0.0380. The molecule has 0 aliphatic rings. The zero-order valence-corrected chi connectivity index (χ0v) is 8.88. The van der Waals surface area contributed by atoms with E-state index >= 15 is 0 Å². The lowest BCUT2D eigenvalue weighted by atomic mass is 10.2. The first-order valence-electron chi connectivity index (χ1n) is 4.64. The van der Waals surface area contributed by atoms with Crippen LogP contribution in [0.5, 0.6) is 0 Å². The number of rotatable bonds is 3. The lowest BCUT2D eigenvalue weighted by molar-refractivity contribution is 0.0951. The Labute approximate surface area is 92.6 Å². The van der Waals surface area contributed by atoms with Gasteiger partial charge in [-0.1, -0.05) is 18.2 Å². The summed E-state index contributed by atoms with van der Waals surface area (Å²) in [5, 5.41) is 5.84. The third kappa shape index (κ3) is 2.67. The second-order valence-corrected chi connectivity index (χ2v) is 4.03. The highest BCUT2D eigenvalue weighted by atomic mass is 32.1. The summed E-state index contributed by atoms with van der Waals surface area (Å²) < 4.78 is 0. The fraction of sp³-hybridized carbons (Fsp3) is 0.0833. The molecule has 1 aromatic carbocycles. The van der Waals surface area contributed by atoms with E-state index in [1.165, 1.54) is 11.3 Å². The van der Waals surface area contributed by atoms with Gasteiger partial charge in [-0.15, -0.1) is 11.3 Å². The molecule has 75 valence electrons. The first kappa shape index (κ1) is 9.93. The van der Waals surface area contributed by atoms with Gasteiger partial charge in [-0.25, -0.2) is 0 Å². The largest absolute Gasteiger partial charge is 0.347 e. The Morgan fingerprint density at radius 2 is 2.07 bits per heavy atom. The van der Waals surface area contributed by atoms with Crippen LogP contribution in [0.15, 0.2) is 42.5 Å². The Hall–Kier alpha value is -1.61. The zero-order valence-electron chi connectivity index (χ0n) is 8.07. The van der Waals surface area contributed by atoms with Crippen molar-refractivity contribution in [3.05, 3.63) is 58.3 Å². The van der Waals surface area contributed by atoms with Gasteiger partial charge in [0.2, 0.25) is 0 Å². The molecule has 0 atom stereocenters. The van der Waals surface area contributed by atoms with E-state index in [0.717, 1.165) is 4.88 Å². The molecule has 1 amide bonds. The van der Waals surface area contributed by atoms with E-state index in [1.54, 1.807) is 12.1 Å². The molecule has 0 saturated heterocycles. The average molecular weight is 216 g/mol. The standard InChI is InChI=1S/C12H10NOS/c14-12(10-5-2-1-3-6-10)13-9-11-7-4-8-15-11/h1-7H,9H2,(H,13,14). The van der Waals surface area contributed by atoms with E-state index < -0.39 is 0 Å². The van der Waals surface area contributed by atoms with Crippen LogP contribution in [0.1, 0.15) is 15.2 Å². The van der Waals surface area contributed by atoms with Gasteiger partial charge in [-0.2, -0.15) is 0 Å². The van der Waals surface area contributed by atoms with Gasteiger partial charge in [-0.05, 0) is 24.3 Å². The monoisotopic (exact) mass is 216 g/mol. The van der Waals surface area contributed by atoms with Crippen molar-refractivity contribution in [3.8, 4) is 0 Å². The van der Waals surface area contributed by atoms with Crippen LogP contribution in [0.3, 0.4) is 0 Å². The van der Waals surface area contributed by atoms with Crippen LogP contribution in [0, 0.1) is 5.38 Å². The molecule has 1 aromatic heterocycles. The highest BCUT2D eigenvalue weighted by Gasteiger charge is 2.03. The summed E-state index contributed by atoms with van der Waals surface area (Å²) in [6.07, 6.45) is 0. The van der Waals surface area contributed by atoms with Crippen LogP contribution in [-0.4, -0.2) is 5.91 Å². The molecule has 0 bridgehead atoms. The van der Waals surface area contributed by atoms with Crippen LogP contribution < -0.4 is 5.32 Å². The SMILES string of the molecule is O=C(NCc1cc[c]s1)c1ccccc1. The van der Waals surface area contributed by atoms with Gasteiger partial charge in [-0.3, -0.25) is 4.79 Å². The van der Waals surface area contributed by atoms with Crippen molar-refractivity contribution in [2.45, 2.75) is 6.54 Å². The highest BCUT2D eigenvalue weighted by molar-refractivity contribution is 7.09. The number of benzene rings is 1. The molecule has 0 fully saturated rings. The van der Waals surface area contributed by atoms with Gasteiger partial charge in [0.05, 0.1) is 6.54 Å². The van der Waals surface area contributed by atoms with E-state index in [4.69, 9.17) is 0 Å². The van der Waals surface area contributed by atoms with Crippen molar-refractivity contribution in [1.29, 1.82) is 0 Å². The summed E-state index contributed by atoms with van der Waals surface area (Å²) in [4.78, 5) is 12.7. The van der Waals surface area contributed by atoms with Gasteiger partial charge in [0.15, 0.2) is 0 Å². The minimum Gasteiger partial charge on any atom is -0.347 e. The summed E-state index contributed by atoms with van der Waals surface area (Å²) in [7, 11) is 0. The molecule has 15 heavy (non-hydrogen) atoms. The molecular formula is C12H10NOS. The maximum atomic E-state index is 11.6. The molecule has 2 nitrogen and oxygen atoms in total. The quantitative estimate of drug-likeness (QED) is 0.839. The van der Waals surface area contributed by atoms with Crippen LogP contribution in [0.2, 0.25) is 0 Å². The van der Waals surface area contributed by atoms with Gasteiger partial charge in [0.25, 0.3) is 5.91 Å². The molecule has 0 unspecified atom stereocenters. The third-order valence-electron chi connectivity index (χ3n) is 1.99. The molecule has 0 aliphatic heterocycles. The Kier molecular flexibility index (Phi) is 3.15. The lowest BCUT2D eigenvalue weighted by Crippen LogP contribution is -2.22. The summed E-state index contributed by atoms with van der Waals surface area (Å²) in [6.45, 7) is 0.571. The summed E-state index contributed by atoms with van der Waals surface area (Å²) in [5.41, 5.74) is 0.693. The van der Waals surface area contributed by atoms with E-state index in [2.05, 4.69) is 10.7 Å². The highest BCUT2D eigenvalue weighted by Crippen LogP contribution is 2.07. The van der Waals surface area contributed by atoms with Crippen LogP contribution in [-0.2, 0) is 6.54 Å². The lowest BCUT2D eigenvalue weighted by Gasteiger charge is -2.02. The topological polar surface area (TPSA) is 29.1 Å². The molecule has 2 aromatic rings. The van der Waals surface area contributed by atoms with E-state index in [1.807, 2.05) is 30.3 Å². The van der Waals surface area contributed by atoms with E-state index in [9.17, 15) is 4.79 Å². The number of carbonyl (C=O) groups excluding carboxylic acids is 1. The summed E-state index contributed by atoms with van der Waals surface area (Å²) in [6, 6.07) is 13.0. The first-order valence-corrected chi connectivity index (χ1v) is 5.46. The molecule has 1 N–H and O–H groups in total. The van der Waals surface area contributed by atoms with E-state index in [0.29, 0.717) is 12.1 Å². The van der Waals surface area contributed by atoms with Crippen LogP contribution in [0.25, 0.3) is 0 Å². The summed E-state index contributed by atoms with van der Waals surface area (Å²) in [5.74, 6) is -0.0380. The Morgan fingerprint density at radius 1 is 1.27 bits per heavy atom. The maximum Gasteiger partial charge on any atom is 0.251 e. The number of hydrogen-bond acceptors (Lipinski definition) is 2. The third-order valence-corrected chi connectivity index (χ3v) is 2.78. The molecule has 0 saturated carbocycles. The Balaban J connectivity index is 1.94. The summed E-state index contributed by atoms with van der Waals surface area (Å²) >= 11 is 1.52. The number of nitrogens with one attached hydrogen (secondary N) is 1. The molecule has 0 spiro atoms. The van der Waals surface area contributed by atoms with Crippen molar-refractivity contribution in [2.24, 2.45) is 0 Å². The van der Waals surface area contributed by atoms with Gasteiger partial charge in [0, 0.05) is 15.8 Å². The second kappa shape index (κ2) is 4.75. The van der Waals surface area contributed by atoms with Crippen LogP contribution in [0.4, 0.5) is 0 Å². The molecule has 1 radical (unpaired) electrons. The zero-order chi connectivity index (χ0) is 10.5. The minimum absolute atomic E-state index is 0.0380. The van der Waals surface area contributed by atoms with Crippen molar-refractivity contribution in [1.82, 2.24) is 5.32 Å². The molecule has 1 heterocycles. The molecule has 2 rings (SSSR count). The molecule has 0 aliphatic carbocycles. The van der Waals surface area contributed by atoms with Gasteiger partial charge >= 0.3 is 0 Å². The van der Waals surface area contributed by atoms with E-state index in [-0.39, 0.29) is 5.91 Å². The normalized spacial score (nSPS) is 9.87. The number of carbonyl (C=O) groups is 1. The van der Waals surface area contributed by atoms with Gasteiger partial charge in [0.1, 0.15) is 0 Å². The van der Waals surface area contributed by atoms with Crippen molar-refractivity contribution in [3.63, 3.8) is 0 Å². The predicted molar refractivity (Wildman–Crippen MR) is 60.8 cm³/mol. The van der Waals surface area contributed by atoms with Crippen LogP contribution >= 0.6 is 11.3 Å². The first-order chi connectivity index (χ1) is 7.36. The fourth-order valence-corrected chi connectivity index (χ4v) is 1.79. The van der Waals surface area contributed by atoms with Crippen molar-refractivity contribution < 1.29 is 4.79 Å². The predicted octanol–water partition coefficient (Wildman–Crippen LogP) is 2.48.